The number of benzene rings is 1. The molecule has 0 fully saturated rings. The summed E-state index contributed by atoms with van der Waals surface area (Å²) >= 11 is 0. The quantitative estimate of drug-likeness (QED) is 0.589. The molecule has 0 aliphatic heterocycles. The van der Waals surface area contributed by atoms with Crippen molar-refractivity contribution in [1.82, 2.24) is 4.90 Å². The predicted octanol–water partition coefficient (Wildman–Crippen LogP) is 3.29. The number of hydrogen-bond acceptors (Lipinski definition) is 4. The number of nitrogens with zero attached hydrogens (tertiary/aromatic N) is 2. The zero-order chi connectivity index (χ0) is 15.8. The number of carbonyl (C=O) groups is 1. The minimum absolute atomic E-state index is 0.0538. The SMILES string of the molecule is CCCNc1c(C(=O)N(CC)CCC)cccc1[N+](=O)[O-]. The van der Waals surface area contributed by atoms with Gasteiger partial charge >= 0.3 is 0 Å². The van der Waals surface area contributed by atoms with Gasteiger partial charge in [0.15, 0.2) is 0 Å². The first kappa shape index (κ1) is 16.9. The Morgan fingerprint density at radius 3 is 2.52 bits per heavy atom. The third-order valence-electron chi connectivity index (χ3n) is 3.18. The lowest BCUT2D eigenvalue weighted by atomic mass is 10.1. The molecule has 0 saturated carbocycles. The number of nitro benzene ring substituents is 1. The number of hydrogen-bond donors (Lipinski definition) is 1. The lowest BCUT2D eigenvalue weighted by Crippen LogP contribution is -2.32. The van der Waals surface area contributed by atoms with Gasteiger partial charge in [-0.25, -0.2) is 0 Å². The fourth-order valence-corrected chi connectivity index (χ4v) is 2.15. The molecule has 1 aromatic rings. The Morgan fingerprint density at radius 1 is 1.29 bits per heavy atom. The Labute approximate surface area is 125 Å². The fourth-order valence-electron chi connectivity index (χ4n) is 2.15. The van der Waals surface area contributed by atoms with Crippen LogP contribution in [0, 0.1) is 10.1 Å². The third kappa shape index (κ3) is 4.18. The topological polar surface area (TPSA) is 75.5 Å². The molecule has 1 aromatic carbocycles. The molecule has 0 bridgehead atoms. The van der Waals surface area contributed by atoms with Crippen LogP contribution in [0.25, 0.3) is 0 Å². The van der Waals surface area contributed by atoms with E-state index in [-0.39, 0.29) is 11.6 Å². The van der Waals surface area contributed by atoms with Gasteiger partial charge in [-0.2, -0.15) is 0 Å². The first-order valence-corrected chi connectivity index (χ1v) is 7.37. The summed E-state index contributed by atoms with van der Waals surface area (Å²) in [5, 5.41) is 14.2. The lowest BCUT2D eigenvalue weighted by molar-refractivity contribution is -0.384. The molecule has 116 valence electrons. The first-order chi connectivity index (χ1) is 10.1. The monoisotopic (exact) mass is 293 g/mol. The van der Waals surface area contributed by atoms with Gasteiger partial charge in [0, 0.05) is 25.7 Å². The molecule has 1 rings (SSSR count). The third-order valence-corrected chi connectivity index (χ3v) is 3.18. The standard InChI is InChI=1S/C15H23N3O3/c1-4-10-16-14-12(8-7-9-13(14)18(20)21)15(19)17(6-3)11-5-2/h7-9,16H,4-6,10-11H2,1-3H3. The van der Waals surface area contributed by atoms with Crippen LogP contribution in [0.15, 0.2) is 18.2 Å². The van der Waals surface area contributed by atoms with Crippen molar-refractivity contribution in [2.45, 2.75) is 33.6 Å². The molecule has 0 aromatic heterocycles. The summed E-state index contributed by atoms with van der Waals surface area (Å²) in [4.78, 5) is 25.0. The number of nitro groups is 1. The highest BCUT2D eigenvalue weighted by Gasteiger charge is 2.23. The van der Waals surface area contributed by atoms with Crippen molar-refractivity contribution in [3.63, 3.8) is 0 Å². The average Bonchev–Trinajstić information content (AvgIpc) is 2.49. The number of anilines is 1. The normalized spacial score (nSPS) is 10.2. The Hall–Kier alpha value is -2.11. The first-order valence-electron chi connectivity index (χ1n) is 7.37. The van der Waals surface area contributed by atoms with Crippen LogP contribution in [0.2, 0.25) is 0 Å². The van der Waals surface area contributed by atoms with Crippen molar-refractivity contribution < 1.29 is 9.72 Å². The smallest absolute Gasteiger partial charge is 0.293 e. The van der Waals surface area contributed by atoms with Gasteiger partial charge < -0.3 is 10.2 Å². The van der Waals surface area contributed by atoms with Crippen LogP contribution in [0.1, 0.15) is 44.0 Å². The highest BCUT2D eigenvalue weighted by atomic mass is 16.6. The number of carbonyl (C=O) groups excluding carboxylic acids is 1. The molecule has 1 amide bonds. The second kappa shape index (κ2) is 8.24. The Kier molecular flexibility index (Phi) is 6.65. The summed E-state index contributed by atoms with van der Waals surface area (Å²) in [7, 11) is 0. The molecule has 6 nitrogen and oxygen atoms in total. The predicted molar refractivity (Wildman–Crippen MR) is 83.7 cm³/mol. The Bertz CT molecular complexity index is 503. The van der Waals surface area contributed by atoms with Crippen LogP contribution in [-0.4, -0.2) is 35.4 Å². The molecule has 0 radical (unpaired) electrons. The molecule has 0 atom stereocenters. The lowest BCUT2D eigenvalue weighted by Gasteiger charge is -2.21. The van der Waals surface area contributed by atoms with Crippen molar-refractivity contribution >= 4 is 17.3 Å². The number of nitrogens with one attached hydrogen (secondary N) is 1. The second-order valence-electron chi connectivity index (χ2n) is 4.77. The average molecular weight is 293 g/mol. The van der Waals surface area contributed by atoms with E-state index in [2.05, 4.69) is 5.32 Å². The molecule has 0 aliphatic carbocycles. The maximum absolute atomic E-state index is 12.6. The summed E-state index contributed by atoms with van der Waals surface area (Å²) in [6.45, 7) is 7.70. The van der Waals surface area contributed by atoms with Gasteiger partial charge in [-0.05, 0) is 25.8 Å². The van der Waals surface area contributed by atoms with Crippen molar-refractivity contribution in [1.29, 1.82) is 0 Å². The van der Waals surface area contributed by atoms with Crippen molar-refractivity contribution in [2.75, 3.05) is 25.0 Å². The molecular formula is C15H23N3O3. The molecule has 21 heavy (non-hydrogen) atoms. The van der Waals surface area contributed by atoms with Crippen molar-refractivity contribution in [2.24, 2.45) is 0 Å². The van der Waals surface area contributed by atoms with Crippen LogP contribution < -0.4 is 5.32 Å². The summed E-state index contributed by atoms with van der Waals surface area (Å²) in [5.74, 6) is -0.165. The zero-order valence-electron chi connectivity index (χ0n) is 12.9. The van der Waals surface area contributed by atoms with E-state index in [1.807, 2.05) is 20.8 Å². The van der Waals surface area contributed by atoms with Crippen LogP contribution in [0.3, 0.4) is 0 Å². The van der Waals surface area contributed by atoms with Gasteiger partial charge in [-0.3, -0.25) is 14.9 Å². The van der Waals surface area contributed by atoms with Gasteiger partial charge in [0.25, 0.3) is 11.6 Å². The van der Waals surface area contributed by atoms with Crippen LogP contribution >= 0.6 is 0 Å². The van der Waals surface area contributed by atoms with E-state index in [9.17, 15) is 14.9 Å². The molecule has 0 heterocycles. The minimum Gasteiger partial charge on any atom is -0.379 e. The summed E-state index contributed by atoms with van der Waals surface area (Å²) in [5.41, 5.74) is 0.638. The molecule has 0 saturated heterocycles. The highest BCUT2D eigenvalue weighted by molar-refractivity contribution is 6.01. The van der Waals surface area contributed by atoms with E-state index >= 15 is 0 Å². The van der Waals surface area contributed by atoms with E-state index in [4.69, 9.17) is 0 Å². The largest absolute Gasteiger partial charge is 0.379 e. The van der Waals surface area contributed by atoms with Gasteiger partial charge in [-0.1, -0.05) is 19.9 Å². The summed E-state index contributed by atoms with van der Waals surface area (Å²) < 4.78 is 0. The molecular weight excluding hydrogens is 270 g/mol. The summed E-state index contributed by atoms with van der Waals surface area (Å²) in [6.07, 6.45) is 1.68. The molecule has 1 N–H and O–H groups in total. The Balaban J connectivity index is 3.23. The van der Waals surface area contributed by atoms with E-state index in [1.165, 1.54) is 6.07 Å². The fraction of sp³-hybridized carbons (Fsp3) is 0.533. The van der Waals surface area contributed by atoms with Crippen molar-refractivity contribution in [3.05, 3.63) is 33.9 Å². The van der Waals surface area contributed by atoms with Gasteiger partial charge in [0.1, 0.15) is 5.69 Å². The molecule has 0 spiro atoms. The van der Waals surface area contributed by atoms with Crippen molar-refractivity contribution in [3.8, 4) is 0 Å². The van der Waals surface area contributed by atoms with Crippen LogP contribution in [0.5, 0.6) is 0 Å². The van der Waals surface area contributed by atoms with Crippen LogP contribution in [-0.2, 0) is 0 Å². The second-order valence-corrected chi connectivity index (χ2v) is 4.77. The van der Waals surface area contributed by atoms with Gasteiger partial charge in [-0.15, -0.1) is 0 Å². The maximum atomic E-state index is 12.6. The maximum Gasteiger partial charge on any atom is 0.293 e. The number of rotatable bonds is 8. The van der Waals surface area contributed by atoms with E-state index < -0.39 is 4.92 Å². The molecule has 0 aliphatic rings. The number of para-hydroxylation sites is 1. The van der Waals surface area contributed by atoms with E-state index in [0.717, 1.165) is 12.8 Å². The minimum atomic E-state index is -0.453. The van der Waals surface area contributed by atoms with E-state index in [1.54, 1.807) is 17.0 Å². The van der Waals surface area contributed by atoms with Gasteiger partial charge in [0.05, 0.1) is 10.5 Å². The van der Waals surface area contributed by atoms with Gasteiger partial charge in [0.2, 0.25) is 0 Å². The zero-order valence-corrected chi connectivity index (χ0v) is 12.9. The van der Waals surface area contributed by atoms with Crippen LogP contribution in [0.4, 0.5) is 11.4 Å². The molecule has 6 heteroatoms. The highest BCUT2D eigenvalue weighted by Crippen LogP contribution is 2.29. The Morgan fingerprint density at radius 2 is 2.00 bits per heavy atom. The molecule has 0 unspecified atom stereocenters. The number of amides is 1. The van der Waals surface area contributed by atoms with E-state index in [0.29, 0.717) is 30.9 Å². The summed E-state index contributed by atoms with van der Waals surface area (Å²) in [6, 6.07) is 4.62.